The van der Waals surface area contributed by atoms with Crippen molar-refractivity contribution in [3.05, 3.63) is 34.9 Å². The molecule has 3 N–H and O–H groups in total. The number of nitrogens with one attached hydrogen (secondary N) is 3. The monoisotopic (exact) mass is 364 g/mol. The fourth-order valence-corrected chi connectivity index (χ4v) is 3.19. The molecule has 0 radical (unpaired) electrons. The molecule has 1 aliphatic rings. The molecule has 0 aliphatic carbocycles. The van der Waals surface area contributed by atoms with Crippen LogP contribution in [0.1, 0.15) is 26.3 Å². The topological polar surface area (TPSA) is 61.8 Å². The van der Waals surface area contributed by atoms with Gasteiger partial charge in [-0.25, -0.2) is 0 Å². The molecule has 0 aromatic heterocycles. The van der Waals surface area contributed by atoms with E-state index >= 15 is 0 Å². The van der Waals surface area contributed by atoms with Gasteiger partial charge in [0.25, 0.3) is 5.91 Å². The molecule has 1 aliphatic heterocycles. The smallest absolute Gasteiger partial charge is 0.276 e. The fourth-order valence-electron chi connectivity index (χ4n) is 3.06. The standard InChI is InChI=1S/C19H27ClN4O/c1-15(2)19(3,14-21)22-18(25)13-24-10-8-23(9-11-24)12-16-4-6-17(20)7-5-16/h4-7,15H,8-13H2,1-3H3,(H,22,25)/p+2/t19-/m1/s1. The van der Waals surface area contributed by atoms with Crippen LogP contribution >= 0.6 is 11.6 Å². The Morgan fingerprint density at radius 3 is 2.32 bits per heavy atom. The molecule has 0 spiro atoms. The molecule has 2 rings (SSSR count). The first-order valence-electron chi connectivity index (χ1n) is 8.96. The maximum absolute atomic E-state index is 12.3. The zero-order chi connectivity index (χ0) is 18.4. The number of carbonyl (C=O) groups excluding carboxylic acids is 1. The van der Waals surface area contributed by atoms with Crippen molar-refractivity contribution in [1.29, 1.82) is 5.26 Å². The van der Waals surface area contributed by atoms with Gasteiger partial charge in [-0.3, -0.25) is 4.79 Å². The summed E-state index contributed by atoms with van der Waals surface area (Å²) < 4.78 is 0. The summed E-state index contributed by atoms with van der Waals surface area (Å²) in [5.41, 5.74) is 0.500. The molecule has 1 aromatic carbocycles. The summed E-state index contributed by atoms with van der Waals surface area (Å²) in [6, 6.07) is 10.3. The molecule has 1 saturated heterocycles. The number of benzene rings is 1. The predicted molar refractivity (Wildman–Crippen MR) is 98.4 cm³/mol. The van der Waals surface area contributed by atoms with E-state index in [-0.39, 0.29) is 11.8 Å². The van der Waals surface area contributed by atoms with Crippen molar-refractivity contribution in [2.45, 2.75) is 32.9 Å². The van der Waals surface area contributed by atoms with Gasteiger partial charge in [-0.15, -0.1) is 0 Å². The molecule has 1 atom stereocenters. The van der Waals surface area contributed by atoms with Gasteiger partial charge in [0.1, 0.15) is 38.3 Å². The van der Waals surface area contributed by atoms with E-state index in [2.05, 4.69) is 23.5 Å². The van der Waals surface area contributed by atoms with Gasteiger partial charge in [0.2, 0.25) is 0 Å². The minimum Gasteiger partial charge on any atom is -0.333 e. The van der Waals surface area contributed by atoms with E-state index in [4.69, 9.17) is 11.6 Å². The Morgan fingerprint density at radius 1 is 1.24 bits per heavy atom. The number of nitriles is 1. The zero-order valence-electron chi connectivity index (χ0n) is 15.4. The van der Waals surface area contributed by atoms with Crippen molar-refractivity contribution in [3.8, 4) is 6.07 Å². The second-order valence-corrected chi connectivity index (χ2v) is 7.93. The summed E-state index contributed by atoms with van der Waals surface area (Å²) in [6.07, 6.45) is 0. The highest BCUT2D eigenvalue weighted by molar-refractivity contribution is 6.30. The maximum atomic E-state index is 12.3. The van der Waals surface area contributed by atoms with Crippen LogP contribution in [-0.4, -0.2) is 44.2 Å². The van der Waals surface area contributed by atoms with Crippen molar-refractivity contribution in [1.82, 2.24) is 5.32 Å². The molecular weight excluding hydrogens is 336 g/mol. The number of piperazine rings is 1. The van der Waals surface area contributed by atoms with Gasteiger partial charge in [0, 0.05) is 10.6 Å². The Morgan fingerprint density at radius 2 is 1.80 bits per heavy atom. The second-order valence-electron chi connectivity index (χ2n) is 7.50. The fraction of sp³-hybridized carbons (Fsp3) is 0.579. The molecule has 6 heteroatoms. The lowest BCUT2D eigenvalue weighted by molar-refractivity contribution is -1.02. The van der Waals surface area contributed by atoms with Crippen molar-refractivity contribution >= 4 is 17.5 Å². The van der Waals surface area contributed by atoms with E-state index < -0.39 is 5.54 Å². The molecule has 5 nitrogen and oxygen atoms in total. The van der Waals surface area contributed by atoms with Gasteiger partial charge in [0.15, 0.2) is 6.54 Å². The summed E-state index contributed by atoms with van der Waals surface area (Å²) in [5, 5.41) is 13.0. The Balaban J connectivity index is 1.77. The molecule has 1 fully saturated rings. The van der Waals surface area contributed by atoms with Crippen LogP contribution in [0, 0.1) is 17.2 Å². The van der Waals surface area contributed by atoms with Crippen LogP contribution < -0.4 is 15.1 Å². The molecule has 25 heavy (non-hydrogen) atoms. The SMILES string of the molecule is CC(C)[C@@](C)(C#N)NC(=O)C[NH+]1CC[NH+](Cc2ccc(Cl)cc2)CC1. The first kappa shape index (κ1) is 19.7. The van der Waals surface area contributed by atoms with Crippen molar-refractivity contribution in [2.24, 2.45) is 5.92 Å². The quantitative estimate of drug-likeness (QED) is 0.648. The van der Waals surface area contributed by atoms with E-state index in [0.717, 1.165) is 37.7 Å². The van der Waals surface area contributed by atoms with Crippen LogP contribution in [0.2, 0.25) is 5.02 Å². The van der Waals surface area contributed by atoms with Gasteiger partial charge in [0.05, 0.1) is 6.07 Å². The molecule has 0 saturated carbocycles. The minimum atomic E-state index is -0.793. The summed E-state index contributed by atoms with van der Waals surface area (Å²) in [4.78, 5) is 15.1. The molecule has 1 aromatic rings. The maximum Gasteiger partial charge on any atom is 0.276 e. The minimum absolute atomic E-state index is 0.0334. The molecule has 0 bridgehead atoms. The van der Waals surface area contributed by atoms with Gasteiger partial charge >= 0.3 is 0 Å². The molecule has 1 heterocycles. The second kappa shape index (κ2) is 8.66. The van der Waals surface area contributed by atoms with Crippen LogP contribution in [0.15, 0.2) is 24.3 Å². The van der Waals surface area contributed by atoms with Gasteiger partial charge in [-0.1, -0.05) is 37.6 Å². The summed E-state index contributed by atoms with van der Waals surface area (Å²) >= 11 is 5.93. The summed E-state index contributed by atoms with van der Waals surface area (Å²) in [6.45, 7) is 11.2. The number of hydrogen-bond donors (Lipinski definition) is 3. The van der Waals surface area contributed by atoms with Crippen LogP contribution in [0.5, 0.6) is 0 Å². The molecular formula is C19H29ClN4O+2. The summed E-state index contributed by atoms with van der Waals surface area (Å²) in [5.74, 6) is 0.0472. The highest BCUT2D eigenvalue weighted by Crippen LogP contribution is 2.14. The van der Waals surface area contributed by atoms with Crippen molar-refractivity contribution in [2.75, 3.05) is 32.7 Å². The highest BCUT2D eigenvalue weighted by Gasteiger charge is 2.32. The first-order valence-corrected chi connectivity index (χ1v) is 9.34. The van der Waals surface area contributed by atoms with Crippen LogP contribution in [0.25, 0.3) is 0 Å². The number of amides is 1. The normalized spacial score (nSPS) is 22.9. The van der Waals surface area contributed by atoms with Gasteiger partial charge < -0.3 is 15.1 Å². The lowest BCUT2D eigenvalue weighted by Gasteiger charge is -2.31. The Labute approximate surface area is 155 Å². The van der Waals surface area contributed by atoms with Gasteiger partial charge in [-0.2, -0.15) is 5.26 Å². The van der Waals surface area contributed by atoms with Crippen LogP contribution in [0.4, 0.5) is 0 Å². The lowest BCUT2D eigenvalue weighted by atomic mass is 9.90. The van der Waals surface area contributed by atoms with Crippen LogP contribution in [0.3, 0.4) is 0 Å². The van der Waals surface area contributed by atoms with Crippen molar-refractivity contribution < 1.29 is 14.6 Å². The lowest BCUT2D eigenvalue weighted by Crippen LogP contribution is -3.28. The van der Waals surface area contributed by atoms with E-state index in [1.54, 1.807) is 6.92 Å². The third-order valence-electron chi connectivity index (χ3n) is 5.23. The Kier molecular flexibility index (Phi) is 6.83. The van der Waals surface area contributed by atoms with Gasteiger partial charge in [-0.05, 0) is 25.0 Å². The van der Waals surface area contributed by atoms with E-state index in [1.807, 2.05) is 26.0 Å². The average Bonchev–Trinajstić information content (AvgIpc) is 2.58. The largest absolute Gasteiger partial charge is 0.333 e. The number of quaternary nitrogens is 2. The number of nitrogens with zero attached hydrogens (tertiary/aromatic N) is 1. The first-order chi connectivity index (χ1) is 11.8. The molecule has 1 amide bonds. The number of halogens is 1. The average molecular weight is 365 g/mol. The Bertz CT molecular complexity index is 617. The van der Waals surface area contributed by atoms with Crippen molar-refractivity contribution in [3.63, 3.8) is 0 Å². The molecule has 0 unspecified atom stereocenters. The van der Waals surface area contributed by atoms with E-state index in [0.29, 0.717) is 6.54 Å². The van der Waals surface area contributed by atoms with E-state index in [9.17, 15) is 10.1 Å². The molecule has 136 valence electrons. The Hall–Kier alpha value is -1.61. The number of hydrogen-bond acceptors (Lipinski definition) is 2. The highest BCUT2D eigenvalue weighted by atomic mass is 35.5. The van der Waals surface area contributed by atoms with E-state index in [1.165, 1.54) is 15.4 Å². The zero-order valence-corrected chi connectivity index (χ0v) is 16.1. The summed E-state index contributed by atoms with van der Waals surface area (Å²) in [7, 11) is 0. The number of rotatable bonds is 6. The predicted octanol–water partition coefficient (Wildman–Crippen LogP) is -0.322. The van der Waals surface area contributed by atoms with Crippen LogP contribution in [-0.2, 0) is 11.3 Å². The third kappa shape index (κ3) is 5.71. The third-order valence-corrected chi connectivity index (χ3v) is 5.48. The number of carbonyl (C=O) groups is 1.